The maximum Gasteiger partial charge on any atom is 0.138 e. The summed E-state index contributed by atoms with van der Waals surface area (Å²) in [5.41, 5.74) is 1.33. The molecule has 1 N–H and O–H groups in total. The van der Waals surface area contributed by atoms with Crippen LogP contribution in [0.15, 0.2) is 35.1 Å². The van der Waals surface area contributed by atoms with E-state index in [1.807, 2.05) is 4.68 Å². The number of rotatable bonds is 8. The zero-order valence-electron chi connectivity index (χ0n) is 12.7. The highest BCUT2D eigenvalue weighted by atomic mass is 79.9. The molecule has 5 heteroatoms. The van der Waals surface area contributed by atoms with Crippen LogP contribution in [0, 0.1) is 0 Å². The fourth-order valence-electron chi connectivity index (χ4n) is 2.43. The van der Waals surface area contributed by atoms with E-state index in [-0.39, 0.29) is 0 Å². The largest absolute Gasteiger partial charge is 0.313 e. The lowest BCUT2D eigenvalue weighted by Crippen LogP contribution is -2.35. The van der Waals surface area contributed by atoms with Gasteiger partial charge in [-0.05, 0) is 37.9 Å². The number of hydrogen-bond donors (Lipinski definition) is 1. The first-order valence-electron chi connectivity index (χ1n) is 7.58. The fourth-order valence-corrected chi connectivity index (χ4v) is 2.87. The summed E-state index contributed by atoms with van der Waals surface area (Å²) in [7, 11) is 0. The maximum absolute atomic E-state index is 4.40. The van der Waals surface area contributed by atoms with E-state index in [0.29, 0.717) is 6.04 Å². The molecule has 0 amide bonds. The first-order valence-corrected chi connectivity index (χ1v) is 8.37. The Labute approximate surface area is 135 Å². The number of aromatic nitrogens is 3. The summed E-state index contributed by atoms with van der Waals surface area (Å²) in [6.07, 6.45) is 4.66. The van der Waals surface area contributed by atoms with Crippen LogP contribution >= 0.6 is 15.9 Å². The fraction of sp³-hybridized carbons (Fsp3) is 0.500. The summed E-state index contributed by atoms with van der Waals surface area (Å²) in [4.78, 5) is 4.40. The van der Waals surface area contributed by atoms with Crippen LogP contribution in [0.5, 0.6) is 0 Å². The third-order valence-electron chi connectivity index (χ3n) is 3.53. The van der Waals surface area contributed by atoms with Crippen LogP contribution in [0.4, 0.5) is 0 Å². The molecule has 114 valence electrons. The van der Waals surface area contributed by atoms with Gasteiger partial charge in [0.1, 0.15) is 12.2 Å². The van der Waals surface area contributed by atoms with Gasteiger partial charge in [-0.3, -0.25) is 4.68 Å². The second-order valence-corrected chi connectivity index (χ2v) is 6.00. The van der Waals surface area contributed by atoms with Crippen molar-refractivity contribution in [1.29, 1.82) is 0 Å². The third kappa shape index (κ3) is 4.64. The molecule has 0 saturated carbocycles. The number of halogens is 1. The Morgan fingerprint density at radius 1 is 1.24 bits per heavy atom. The van der Waals surface area contributed by atoms with Crippen LogP contribution in [0.1, 0.15) is 31.7 Å². The Hall–Kier alpha value is -1.20. The van der Waals surface area contributed by atoms with E-state index in [4.69, 9.17) is 0 Å². The van der Waals surface area contributed by atoms with Crippen LogP contribution in [0.25, 0.3) is 0 Å². The molecule has 1 heterocycles. The zero-order valence-corrected chi connectivity index (χ0v) is 14.3. The second-order valence-electron chi connectivity index (χ2n) is 5.14. The SMILES string of the molecule is CCCNC(Cc1ccccc1Br)Cc1ncnn1CC. The minimum Gasteiger partial charge on any atom is -0.313 e. The standard InChI is InChI=1S/C16H23BrN4/c1-3-9-18-14(10-13-7-5-6-8-15(13)17)11-16-19-12-20-21(16)4-2/h5-8,12,14,18H,3-4,9-11H2,1-2H3. The highest BCUT2D eigenvalue weighted by Gasteiger charge is 2.14. The lowest BCUT2D eigenvalue weighted by molar-refractivity contribution is 0.477. The van der Waals surface area contributed by atoms with Gasteiger partial charge in [0, 0.05) is 23.5 Å². The van der Waals surface area contributed by atoms with Gasteiger partial charge in [0.25, 0.3) is 0 Å². The molecule has 2 rings (SSSR count). The summed E-state index contributed by atoms with van der Waals surface area (Å²) >= 11 is 3.64. The van der Waals surface area contributed by atoms with E-state index in [2.05, 4.69) is 69.4 Å². The summed E-state index contributed by atoms with van der Waals surface area (Å²) < 4.78 is 3.14. The van der Waals surface area contributed by atoms with Gasteiger partial charge in [0.15, 0.2) is 0 Å². The number of nitrogens with zero attached hydrogens (tertiary/aromatic N) is 3. The molecule has 4 nitrogen and oxygen atoms in total. The van der Waals surface area contributed by atoms with Crippen LogP contribution in [0.3, 0.4) is 0 Å². The topological polar surface area (TPSA) is 42.7 Å². The number of nitrogens with one attached hydrogen (secondary N) is 1. The van der Waals surface area contributed by atoms with Gasteiger partial charge in [-0.25, -0.2) is 4.98 Å². The lowest BCUT2D eigenvalue weighted by atomic mass is 10.0. The van der Waals surface area contributed by atoms with Gasteiger partial charge < -0.3 is 5.32 Å². The Kier molecular flexibility index (Phi) is 6.39. The molecule has 1 aromatic heterocycles. The zero-order chi connectivity index (χ0) is 15.1. The van der Waals surface area contributed by atoms with Gasteiger partial charge in [-0.15, -0.1) is 0 Å². The van der Waals surface area contributed by atoms with Crippen molar-refractivity contribution in [2.75, 3.05) is 6.54 Å². The second kappa shape index (κ2) is 8.29. The monoisotopic (exact) mass is 350 g/mol. The molecule has 0 aliphatic carbocycles. The van der Waals surface area contributed by atoms with Crippen LogP contribution in [-0.4, -0.2) is 27.4 Å². The smallest absolute Gasteiger partial charge is 0.138 e. The van der Waals surface area contributed by atoms with Crippen molar-refractivity contribution in [2.45, 2.75) is 45.7 Å². The molecule has 0 aliphatic rings. The molecule has 0 spiro atoms. The summed E-state index contributed by atoms with van der Waals surface area (Å²) in [6, 6.07) is 8.79. The highest BCUT2D eigenvalue weighted by molar-refractivity contribution is 9.10. The van der Waals surface area contributed by atoms with Gasteiger partial charge in [-0.2, -0.15) is 5.10 Å². The summed E-state index contributed by atoms with van der Waals surface area (Å²) in [5, 5.41) is 7.89. The average molecular weight is 351 g/mol. The highest BCUT2D eigenvalue weighted by Crippen LogP contribution is 2.18. The Bertz CT molecular complexity index is 553. The molecule has 0 fully saturated rings. The molecule has 21 heavy (non-hydrogen) atoms. The van der Waals surface area contributed by atoms with Gasteiger partial charge in [0.05, 0.1) is 0 Å². The van der Waals surface area contributed by atoms with Crippen LogP contribution in [0.2, 0.25) is 0 Å². The Morgan fingerprint density at radius 2 is 2.05 bits per heavy atom. The van der Waals surface area contributed by atoms with Crippen molar-refractivity contribution in [3.63, 3.8) is 0 Å². The van der Waals surface area contributed by atoms with Crippen LogP contribution in [-0.2, 0) is 19.4 Å². The number of hydrogen-bond acceptors (Lipinski definition) is 3. The predicted molar refractivity (Wildman–Crippen MR) is 89.3 cm³/mol. The van der Waals surface area contributed by atoms with E-state index >= 15 is 0 Å². The quantitative estimate of drug-likeness (QED) is 0.794. The van der Waals surface area contributed by atoms with Gasteiger partial charge in [-0.1, -0.05) is 41.1 Å². The normalized spacial score (nSPS) is 12.5. The van der Waals surface area contributed by atoms with Gasteiger partial charge >= 0.3 is 0 Å². The minimum absolute atomic E-state index is 0.373. The molecule has 1 aromatic carbocycles. The average Bonchev–Trinajstić information content (AvgIpc) is 2.94. The summed E-state index contributed by atoms with van der Waals surface area (Å²) in [6.45, 7) is 6.18. The number of benzene rings is 1. The molecule has 0 radical (unpaired) electrons. The van der Waals surface area contributed by atoms with Crippen molar-refractivity contribution < 1.29 is 0 Å². The lowest BCUT2D eigenvalue weighted by Gasteiger charge is -2.19. The van der Waals surface area contributed by atoms with Crippen molar-refractivity contribution in [3.05, 3.63) is 46.5 Å². The maximum atomic E-state index is 4.40. The first-order chi connectivity index (χ1) is 10.2. The predicted octanol–water partition coefficient (Wildman–Crippen LogP) is 3.21. The minimum atomic E-state index is 0.373. The van der Waals surface area contributed by atoms with Crippen molar-refractivity contribution in [1.82, 2.24) is 20.1 Å². The molecular weight excluding hydrogens is 328 g/mol. The molecule has 0 aliphatic heterocycles. The van der Waals surface area contributed by atoms with Gasteiger partial charge in [0.2, 0.25) is 0 Å². The van der Waals surface area contributed by atoms with E-state index in [9.17, 15) is 0 Å². The Morgan fingerprint density at radius 3 is 2.76 bits per heavy atom. The summed E-state index contributed by atoms with van der Waals surface area (Å²) in [5.74, 6) is 1.05. The van der Waals surface area contributed by atoms with E-state index in [0.717, 1.165) is 38.2 Å². The van der Waals surface area contributed by atoms with E-state index in [1.165, 1.54) is 10.0 Å². The molecule has 1 atom stereocenters. The Balaban J connectivity index is 2.09. The van der Waals surface area contributed by atoms with Crippen molar-refractivity contribution in [3.8, 4) is 0 Å². The molecule has 1 unspecified atom stereocenters. The molecule has 2 aromatic rings. The molecular formula is C16H23BrN4. The molecule has 0 bridgehead atoms. The van der Waals surface area contributed by atoms with Crippen molar-refractivity contribution in [2.24, 2.45) is 0 Å². The van der Waals surface area contributed by atoms with Crippen molar-refractivity contribution >= 4 is 15.9 Å². The molecule has 0 saturated heterocycles. The third-order valence-corrected chi connectivity index (χ3v) is 4.31. The van der Waals surface area contributed by atoms with E-state index < -0.39 is 0 Å². The first kappa shape index (κ1) is 16.2. The number of aryl methyl sites for hydroxylation is 1. The van der Waals surface area contributed by atoms with E-state index in [1.54, 1.807) is 6.33 Å². The van der Waals surface area contributed by atoms with Crippen LogP contribution < -0.4 is 5.32 Å².